The molecule has 0 radical (unpaired) electrons. The highest BCUT2D eigenvalue weighted by Gasteiger charge is 2.31. The van der Waals surface area contributed by atoms with Crippen LogP contribution < -0.4 is 5.32 Å². The van der Waals surface area contributed by atoms with E-state index in [-0.39, 0.29) is 22.1 Å². The van der Waals surface area contributed by atoms with Crippen molar-refractivity contribution in [3.05, 3.63) is 57.8 Å². The highest BCUT2D eigenvalue weighted by atomic mass is 32.1. The summed E-state index contributed by atoms with van der Waals surface area (Å²) >= 11 is 4.87. The molecule has 0 atom stereocenters. The maximum atomic E-state index is 12.1. The summed E-state index contributed by atoms with van der Waals surface area (Å²) in [5.41, 5.74) is 0.332. The van der Waals surface area contributed by atoms with Crippen LogP contribution in [0.3, 0.4) is 0 Å². The van der Waals surface area contributed by atoms with Gasteiger partial charge in [0, 0.05) is 24.7 Å². The molecule has 2 aromatic rings. The summed E-state index contributed by atoms with van der Waals surface area (Å²) in [5.74, 6) is -0.507. The Labute approximate surface area is 146 Å². The number of nitro benzene ring substituents is 1. The van der Waals surface area contributed by atoms with Gasteiger partial charge in [-0.15, -0.1) is 0 Å². The van der Waals surface area contributed by atoms with E-state index >= 15 is 0 Å². The molecule has 0 saturated carbocycles. The molecule has 2 amide bonds. The molecular formula is C16H11N3O5S. The number of furan rings is 1. The number of nitro groups is 1. The fourth-order valence-electron chi connectivity index (χ4n) is 2.25. The van der Waals surface area contributed by atoms with Gasteiger partial charge in [0.05, 0.1) is 4.92 Å². The van der Waals surface area contributed by atoms with Crippen LogP contribution in [0, 0.1) is 10.1 Å². The van der Waals surface area contributed by atoms with Gasteiger partial charge < -0.3 is 4.42 Å². The molecule has 1 N–H and O–H groups in total. The van der Waals surface area contributed by atoms with Crippen LogP contribution in [0.4, 0.5) is 5.69 Å². The van der Waals surface area contributed by atoms with Crippen LogP contribution in [0.5, 0.6) is 0 Å². The first-order valence-corrected chi connectivity index (χ1v) is 7.47. The SMILES string of the molecule is CN1C(=O)/C(=C/c2ccc(-c3cccc([N+](=O)[O-])c3)o2)C(=O)NC1=S. The van der Waals surface area contributed by atoms with Crippen LogP contribution in [0.1, 0.15) is 5.76 Å². The number of nitrogens with one attached hydrogen (secondary N) is 1. The molecule has 8 nitrogen and oxygen atoms in total. The molecule has 1 fully saturated rings. The van der Waals surface area contributed by atoms with Crippen molar-refractivity contribution in [3.8, 4) is 11.3 Å². The average molecular weight is 357 g/mol. The molecular weight excluding hydrogens is 346 g/mol. The average Bonchev–Trinajstić information content (AvgIpc) is 3.05. The summed E-state index contributed by atoms with van der Waals surface area (Å²) in [6, 6.07) is 9.12. The van der Waals surface area contributed by atoms with Gasteiger partial charge in [-0.2, -0.15) is 0 Å². The predicted molar refractivity (Wildman–Crippen MR) is 92.3 cm³/mol. The standard InChI is InChI=1S/C16H11N3O5S/c1-18-15(21)12(14(20)17-16(18)25)8-11-5-6-13(24-11)9-3-2-4-10(7-9)19(22)23/h2-8H,1H3,(H,17,20,25)/b12-8+. The molecule has 2 heterocycles. The first-order valence-electron chi connectivity index (χ1n) is 7.06. The van der Waals surface area contributed by atoms with Gasteiger partial charge in [-0.3, -0.25) is 29.9 Å². The number of amides is 2. The Balaban J connectivity index is 1.93. The van der Waals surface area contributed by atoms with Gasteiger partial charge in [-0.1, -0.05) is 12.1 Å². The molecule has 0 unspecified atom stereocenters. The Morgan fingerprint density at radius 3 is 2.76 bits per heavy atom. The lowest BCUT2D eigenvalue weighted by molar-refractivity contribution is -0.384. The first kappa shape index (κ1) is 16.5. The third-order valence-electron chi connectivity index (χ3n) is 3.56. The summed E-state index contributed by atoms with van der Waals surface area (Å²) in [6.45, 7) is 0. The van der Waals surface area contributed by atoms with Gasteiger partial charge in [-0.05, 0) is 30.4 Å². The minimum Gasteiger partial charge on any atom is -0.457 e. The highest BCUT2D eigenvalue weighted by Crippen LogP contribution is 2.27. The van der Waals surface area contributed by atoms with Crippen LogP contribution in [0.2, 0.25) is 0 Å². The zero-order chi connectivity index (χ0) is 18.1. The second-order valence-electron chi connectivity index (χ2n) is 5.19. The van der Waals surface area contributed by atoms with Crippen molar-refractivity contribution < 1.29 is 18.9 Å². The molecule has 3 rings (SSSR count). The Morgan fingerprint density at radius 2 is 2.04 bits per heavy atom. The van der Waals surface area contributed by atoms with Gasteiger partial charge in [0.1, 0.15) is 17.1 Å². The number of hydrogen-bond donors (Lipinski definition) is 1. The van der Waals surface area contributed by atoms with Crippen LogP contribution in [0.25, 0.3) is 17.4 Å². The lowest BCUT2D eigenvalue weighted by Crippen LogP contribution is -2.52. The van der Waals surface area contributed by atoms with Crippen molar-refractivity contribution in [2.24, 2.45) is 0 Å². The number of non-ortho nitro benzene ring substituents is 1. The molecule has 9 heteroatoms. The highest BCUT2D eigenvalue weighted by molar-refractivity contribution is 7.80. The number of hydrogen-bond acceptors (Lipinski definition) is 6. The number of benzene rings is 1. The second kappa shape index (κ2) is 6.29. The zero-order valence-electron chi connectivity index (χ0n) is 12.9. The van der Waals surface area contributed by atoms with E-state index in [1.807, 2.05) is 0 Å². The summed E-state index contributed by atoms with van der Waals surface area (Å²) < 4.78 is 5.58. The molecule has 1 aromatic carbocycles. The van der Waals surface area contributed by atoms with Gasteiger partial charge in [0.25, 0.3) is 17.5 Å². The number of carbonyl (C=O) groups is 2. The van der Waals surface area contributed by atoms with E-state index in [1.165, 1.54) is 25.3 Å². The van der Waals surface area contributed by atoms with Crippen molar-refractivity contribution in [3.63, 3.8) is 0 Å². The zero-order valence-corrected chi connectivity index (χ0v) is 13.7. The largest absolute Gasteiger partial charge is 0.457 e. The summed E-state index contributed by atoms with van der Waals surface area (Å²) in [7, 11) is 1.45. The van der Waals surface area contributed by atoms with E-state index in [0.29, 0.717) is 11.3 Å². The first-order chi connectivity index (χ1) is 11.9. The van der Waals surface area contributed by atoms with Gasteiger partial charge in [0.2, 0.25) is 0 Å². The maximum Gasteiger partial charge on any atom is 0.270 e. The summed E-state index contributed by atoms with van der Waals surface area (Å²) in [5, 5.41) is 13.3. The van der Waals surface area contributed by atoms with Crippen molar-refractivity contribution in [2.45, 2.75) is 0 Å². The van der Waals surface area contributed by atoms with Crippen molar-refractivity contribution >= 4 is 40.9 Å². The van der Waals surface area contributed by atoms with Gasteiger partial charge >= 0.3 is 0 Å². The fourth-order valence-corrected chi connectivity index (χ4v) is 2.42. The number of thiocarbonyl (C=S) groups is 1. The number of likely N-dealkylation sites (N-methyl/N-ethyl adjacent to an activating group) is 1. The van der Waals surface area contributed by atoms with Crippen LogP contribution in [0.15, 0.2) is 46.4 Å². The Kier molecular flexibility index (Phi) is 4.15. The van der Waals surface area contributed by atoms with Crippen LogP contribution in [-0.4, -0.2) is 33.8 Å². The molecule has 1 aliphatic rings. The predicted octanol–water partition coefficient (Wildman–Crippen LogP) is 2.11. The topological polar surface area (TPSA) is 106 Å². The molecule has 0 spiro atoms. The third kappa shape index (κ3) is 3.17. The van der Waals surface area contributed by atoms with Crippen molar-refractivity contribution in [1.29, 1.82) is 0 Å². The molecule has 1 aliphatic heterocycles. The normalized spacial score (nSPS) is 16.3. The molecule has 0 aliphatic carbocycles. The van der Waals surface area contributed by atoms with Crippen LogP contribution in [-0.2, 0) is 9.59 Å². The number of rotatable bonds is 3. The molecule has 1 aromatic heterocycles. The third-order valence-corrected chi connectivity index (χ3v) is 3.94. The Bertz CT molecular complexity index is 947. The maximum absolute atomic E-state index is 12.1. The minimum atomic E-state index is -0.610. The van der Waals surface area contributed by atoms with Crippen molar-refractivity contribution in [1.82, 2.24) is 10.2 Å². The molecule has 25 heavy (non-hydrogen) atoms. The van der Waals surface area contributed by atoms with E-state index in [1.54, 1.807) is 24.3 Å². The minimum absolute atomic E-state index is 0.0314. The second-order valence-corrected chi connectivity index (χ2v) is 5.58. The van der Waals surface area contributed by atoms with Gasteiger partial charge in [-0.25, -0.2) is 0 Å². The van der Waals surface area contributed by atoms with E-state index in [2.05, 4.69) is 5.32 Å². The van der Waals surface area contributed by atoms with E-state index < -0.39 is 16.7 Å². The smallest absolute Gasteiger partial charge is 0.270 e. The molecule has 0 bridgehead atoms. The Hall–Kier alpha value is -3.33. The van der Waals surface area contributed by atoms with Gasteiger partial charge in [0.15, 0.2) is 5.11 Å². The lowest BCUT2D eigenvalue weighted by atomic mass is 10.1. The van der Waals surface area contributed by atoms with E-state index in [0.717, 1.165) is 4.90 Å². The summed E-state index contributed by atoms with van der Waals surface area (Å²) in [4.78, 5) is 35.6. The Morgan fingerprint density at radius 1 is 1.28 bits per heavy atom. The number of carbonyl (C=O) groups excluding carboxylic acids is 2. The quantitative estimate of drug-likeness (QED) is 0.296. The van der Waals surface area contributed by atoms with Crippen LogP contribution >= 0.6 is 12.2 Å². The fraction of sp³-hybridized carbons (Fsp3) is 0.0625. The summed E-state index contributed by atoms with van der Waals surface area (Å²) in [6.07, 6.45) is 1.30. The van der Waals surface area contributed by atoms with E-state index in [4.69, 9.17) is 16.6 Å². The molecule has 126 valence electrons. The molecule has 1 saturated heterocycles. The lowest BCUT2D eigenvalue weighted by Gasteiger charge is -2.24. The van der Waals surface area contributed by atoms with Crippen molar-refractivity contribution in [2.75, 3.05) is 7.05 Å². The monoisotopic (exact) mass is 357 g/mol. The van der Waals surface area contributed by atoms with E-state index in [9.17, 15) is 19.7 Å². The number of nitrogens with zero attached hydrogens (tertiary/aromatic N) is 2.